The molecule has 1 amide bonds. The summed E-state index contributed by atoms with van der Waals surface area (Å²) in [4.78, 5) is 12.3. The summed E-state index contributed by atoms with van der Waals surface area (Å²) in [5.41, 5.74) is 0.439. The first-order chi connectivity index (χ1) is 11.6. The lowest BCUT2D eigenvalue weighted by atomic mass is 10.2. The highest BCUT2D eigenvalue weighted by atomic mass is 32.2. The predicted octanol–water partition coefficient (Wildman–Crippen LogP) is 0.616. The largest absolute Gasteiger partial charge is 0.379 e. The fraction of sp³-hybridized carbons (Fsp3) is 0.562. The number of nitrogens with zero attached hydrogens (tertiary/aromatic N) is 1. The van der Waals surface area contributed by atoms with Gasteiger partial charge in [-0.2, -0.15) is 4.31 Å². The van der Waals surface area contributed by atoms with Gasteiger partial charge in [-0.1, -0.05) is 0 Å². The Bertz CT molecular complexity index is 662. The van der Waals surface area contributed by atoms with Crippen LogP contribution < -0.4 is 5.32 Å². The van der Waals surface area contributed by atoms with Gasteiger partial charge in [-0.25, -0.2) is 8.42 Å². The summed E-state index contributed by atoms with van der Waals surface area (Å²) in [5, 5.41) is 2.82. The fourth-order valence-corrected chi connectivity index (χ4v) is 4.24. The molecule has 0 aromatic heterocycles. The van der Waals surface area contributed by atoms with Crippen LogP contribution in [0.2, 0.25) is 0 Å². The smallest absolute Gasteiger partial charge is 0.251 e. The maximum absolute atomic E-state index is 12.5. The van der Waals surface area contributed by atoms with E-state index in [2.05, 4.69) is 5.32 Å². The van der Waals surface area contributed by atoms with Crippen LogP contribution in [-0.2, 0) is 19.5 Å². The van der Waals surface area contributed by atoms with Crippen LogP contribution in [0.1, 0.15) is 23.2 Å². The third-order valence-corrected chi connectivity index (χ3v) is 6.15. The molecule has 2 aliphatic heterocycles. The second-order valence-corrected chi connectivity index (χ2v) is 7.82. The number of nitrogens with one attached hydrogen (secondary N) is 1. The second kappa shape index (κ2) is 7.60. The van der Waals surface area contributed by atoms with E-state index in [9.17, 15) is 13.2 Å². The highest BCUT2D eigenvalue weighted by Gasteiger charge is 2.26. The zero-order valence-corrected chi connectivity index (χ0v) is 14.3. The molecule has 0 aliphatic carbocycles. The Labute approximate surface area is 142 Å². The monoisotopic (exact) mass is 354 g/mol. The highest BCUT2D eigenvalue weighted by Crippen LogP contribution is 2.18. The van der Waals surface area contributed by atoms with E-state index in [-0.39, 0.29) is 16.9 Å². The molecule has 0 spiro atoms. The van der Waals surface area contributed by atoms with E-state index >= 15 is 0 Å². The van der Waals surface area contributed by atoms with Gasteiger partial charge in [0.1, 0.15) is 0 Å². The number of carbonyl (C=O) groups excluding carboxylic acids is 1. The number of amides is 1. The van der Waals surface area contributed by atoms with Crippen molar-refractivity contribution in [2.24, 2.45) is 0 Å². The van der Waals surface area contributed by atoms with E-state index in [0.717, 1.165) is 19.4 Å². The van der Waals surface area contributed by atoms with Gasteiger partial charge in [-0.3, -0.25) is 4.79 Å². The maximum atomic E-state index is 12.5. The van der Waals surface area contributed by atoms with E-state index < -0.39 is 10.0 Å². The van der Waals surface area contributed by atoms with Gasteiger partial charge in [0.2, 0.25) is 10.0 Å². The van der Waals surface area contributed by atoms with Crippen LogP contribution in [0.5, 0.6) is 0 Å². The Kier molecular flexibility index (Phi) is 5.50. The molecule has 132 valence electrons. The summed E-state index contributed by atoms with van der Waals surface area (Å²) in [7, 11) is -3.53. The molecule has 8 heteroatoms. The Morgan fingerprint density at radius 2 is 1.88 bits per heavy atom. The first-order valence-corrected chi connectivity index (χ1v) is 9.59. The van der Waals surface area contributed by atoms with Crippen molar-refractivity contribution in [3.63, 3.8) is 0 Å². The average Bonchev–Trinajstić information content (AvgIpc) is 3.14. The highest BCUT2D eigenvalue weighted by molar-refractivity contribution is 7.89. The SMILES string of the molecule is O=C(NCC1CCCO1)c1ccc(S(=O)(=O)N2CCOCC2)cc1. The molecule has 1 aromatic rings. The zero-order valence-electron chi connectivity index (χ0n) is 13.4. The lowest BCUT2D eigenvalue weighted by Crippen LogP contribution is -2.40. The third-order valence-electron chi connectivity index (χ3n) is 4.24. The number of morpholine rings is 1. The van der Waals surface area contributed by atoms with Gasteiger partial charge in [0, 0.05) is 31.8 Å². The molecule has 0 radical (unpaired) electrons. The van der Waals surface area contributed by atoms with Crippen molar-refractivity contribution in [3.05, 3.63) is 29.8 Å². The number of sulfonamides is 1. The van der Waals surface area contributed by atoms with E-state index in [1.54, 1.807) is 0 Å². The van der Waals surface area contributed by atoms with E-state index in [1.807, 2.05) is 0 Å². The standard InChI is InChI=1S/C16H22N2O5S/c19-16(17-12-14-2-1-9-23-14)13-3-5-15(6-4-13)24(20,21)18-7-10-22-11-8-18/h3-6,14H,1-2,7-12H2,(H,17,19). The van der Waals surface area contributed by atoms with Crippen LogP contribution >= 0.6 is 0 Å². The van der Waals surface area contributed by atoms with Gasteiger partial charge < -0.3 is 14.8 Å². The topological polar surface area (TPSA) is 84.9 Å². The number of benzene rings is 1. The third kappa shape index (κ3) is 3.94. The van der Waals surface area contributed by atoms with Crippen molar-refractivity contribution >= 4 is 15.9 Å². The molecule has 24 heavy (non-hydrogen) atoms. The number of hydrogen-bond acceptors (Lipinski definition) is 5. The summed E-state index contributed by atoms with van der Waals surface area (Å²) >= 11 is 0. The fourth-order valence-electron chi connectivity index (χ4n) is 2.83. The van der Waals surface area contributed by atoms with Crippen LogP contribution in [0.25, 0.3) is 0 Å². The molecule has 2 aliphatic rings. The van der Waals surface area contributed by atoms with E-state index in [4.69, 9.17) is 9.47 Å². The summed E-state index contributed by atoms with van der Waals surface area (Å²) in [6.07, 6.45) is 2.06. The van der Waals surface area contributed by atoms with Crippen molar-refractivity contribution in [2.45, 2.75) is 23.8 Å². The Morgan fingerprint density at radius 3 is 2.50 bits per heavy atom. The van der Waals surface area contributed by atoms with Crippen molar-refractivity contribution in [3.8, 4) is 0 Å². The lowest BCUT2D eigenvalue weighted by Gasteiger charge is -2.26. The van der Waals surface area contributed by atoms with E-state index in [1.165, 1.54) is 28.6 Å². The minimum absolute atomic E-state index is 0.0786. The van der Waals surface area contributed by atoms with Crippen molar-refractivity contribution in [1.29, 1.82) is 0 Å². The molecule has 2 saturated heterocycles. The van der Waals surface area contributed by atoms with E-state index in [0.29, 0.717) is 38.4 Å². The zero-order chi connectivity index (χ0) is 17.0. The first-order valence-electron chi connectivity index (χ1n) is 8.15. The molecule has 0 saturated carbocycles. The number of ether oxygens (including phenoxy) is 2. The van der Waals surface area contributed by atoms with Crippen LogP contribution in [-0.4, -0.2) is 64.2 Å². The van der Waals surface area contributed by atoms with Crippen LogP contribution in [0.4, 0.5) is 0 Å². The van der Waals surface area contributed by atoms with Gasteiger partial charge in [-0.05, 0) is 37.1 Å². The van der Waals surface area contributed by atoms with Gasteiger partial charge >= 0.3 is 0 Å². The molecule has 1 N–H and O–H groups in total. The Balaban J connectivity index is 1.62. The lowest BCUT2D eigenvalue weighted by molar-refractivity contribution is 0.0730. The molecule has 3 rings (SSSR count). The molecule has 0 bridgehead atoms. The summed E-state index contributed by atoms with van der Waals surface area (Å²) < 4.78 is 37.1. The normalized spacial score (nSPS) is 22.4. The molecule has 2 heterocycles. The molecule has 1 atom stereocenters. The molecular weight excluding hydrogens is 332 g/mol. The Morgan fingerprint density at radius 1 is 1.17 bits per heavy atom. The average molecular weight is 354 g/mol. The maximum Gasteiger partial charge on any atom is 0.251 e. The van der Waals surface area contributed by atoms with Crippen molar-refractivity contribution in [2.75, 3.05) is 39.5 Å². The quantitative estimate of drug-likeness (QED) is 0.838. The minimum atomic E-state index is -3.53. The van der Waals surface area contributed by atoms with Gasteiger partial charge in [-0.15, -0.1) is 0 Å². The molecule has 1 aromatic carbocycles. The summed E-state index contributed by atoms with van der Waals surface area (Å²) in [5.74, 6) is -0.221. The minimum Gasteiger partial charge on any atom is -0.379 e. The second-order valence-electron chi connectivity index (χ2n) is 5.89. The number of rotatable bonds is 5. The molecule has 2 fully saturated rings. The van der Waals surface area contributed by atoms with Crippen LogP contribution in [0.15, 0.2) is 29.2 Å². The van der Waals surface area contributed by atoms with Crippen LogP contribution in [0.3, 0.4) is 0 Å². The summed E-state index contributed by atoms with van der Waals surface area (Å²) in [6, 6.07) is 6.04. The van der Waals surface area contributed by atoms with Crippen molar-refractivity contribution in [1.82, 2.24) is 9.62 Å². The predicted molar refractivity (Wildman–Crippen MR) is 87.3 cm³/mol. The van der Waals surface area contributed by atoms with Crippen molar-refractivity contribution < 1.29 is 22.7 Å². The Hall–Kier alpha value is -1.48. The molecule has 7 nitrogen and oxygen atoms in total. The number of carbonyl (C=O) groups is 1. The van der Waals surface area contributed by atoms with Gasteiger partial charge in [0.15, 0.2) is 0 Å². The van der Waals surface area contributed by atoms with Crippen LogP contribution in [0, 0.1) is 0 Å². The number of hydrogen-bond donors (Lipinski definition) is 1. The summed E-state index contributed by atoms with van der Waals surface area (Å²) in [6.45, 7) is 2.74. The first kappa shape index (κ1) is 17.3. The molecule has 1 unspecified atom stereocenters. The van der Waals surface area contributed by atoms with Gasteiger partial charge in [0.05, 0.1) is 24.2 Å². The van der Waals surface area contributed by atoms with Gasteiger partial charge in [0.25, 0.3) is 5.91 Å². The molecular formula is C16H22N2O5S.